The molecule has 1 aliphatic heterocycles. The lowest BCUT2D eigenvalue weighted by atomic mass is 10.2. The highest BCUT2D eigenvalue weighted by Crippen LogP contribution is 2.21. The first-order chi connectivity index (χ1) is 4.66. The Morgan fingerprint density at radius 1 is 1.40 bits per heavy atom. The quantitative estimate of drug-likeness (QED) is 0.422. The monoisotopic (exact) mass is 151 g/mol. The minimum absolute atomic E-state index is 0.532. The van der Waals surface area contributed by atoms with Crippen molar-refractivity contribution in [3.8, 4) is 0 Å². The van der Waals surface area contributed by atoms with E-state index in [1.165, 1.54) is 0 Å². The van der Waals surface area contributed by atoms with E-state index in [2.05, 4.69) is 4.74 Å². The summed E-state index contributed by atoms with van der Waals surface area (Å²) in [5.74, 6) is 0. The van der Waals surface area contributed by atoms with E-state index >= 15 is 0 Å². The second-order valence-corrected chi connectivity index (χ2v) is 2.18. The van der Waals surface area contributed by atoms with Gasteiger partial charge < -0.3 is 20.1 Å². The van der Waals surface area contributed by atoms with Gasteiger partial charge in [0.05, 0.1) is 6.61 Å². The van der Waals surface area contributed by atoms with Crippen LogP contribution in [0.5, 0.6) is 0 Å². The maximum Gasteiger partial charge on any atom is 0.184 e. The van der Waals surface area contributed by atoms with E-state index in [0.29, 0.717) is 0 Å². The molecular formula is C5H9FO4. The summed E-state index contributed by atoms with van der Waals surface area (Å²) in [6.45, 7) is -0.532. The van der Waals surface area contributed by atoms with Gasteiger partial charge in [-0.1, -0.05) is 0 Å². The molecule has 1 fully saturated rings. The van der Waals surface area contributed by atoms with E-state index in [1.54, 1.807) is 0 Å². The van der Waals surface area contributed by atoms with E-state index in [0.717, 1.165) is 0 Å². The molecule has 1 aliphatic rings. The number of alkyl halides is 1. The van der Waals surface area contributed by atoms with Gasteiger partial charge in [-0.25, -0.2) is 4.39 Å². The predicted octanol–water partition coefficient (Wildman–Crippen LogP) is -1.61. The zero-order valence-electron chi connectivity index (χ0n) is 5.14. The molecule has 60 valence electrons. The van der Waals surface area contributed by atoms with Crippen molar-refractivity contribution in [1.29, 1.82) is 0 Å². The smallest absolute Gasteiger partial charge is 0.184 e. The third kappa shape index (κ3) is 1.13. The number of halogens is 1. The van der Waals surface area contributed by atoms with Crippen LogP contribution in [-0.2, 0) is 4.74 Å². The fraction of sp³-hybridized carbons (Fsp3) is 1.00. The summed E-state index contributed by atoms with van der Waals surface area (Å²) < 4.78 is 17.0. The summed E-state index contributed by atoms with van der Waals surface area (Å²) in [6.07, 6.45) is -5.82. The normalized spacial score (nSPS) is 48.0. The molecule has 0 aromatic heterocycles. The van der Waals surface area contributed by atoms with Crippen LogP contribution in [0.2, 0.25) is 0 Å². The number of rotatable bonds is 1. The van der Waals surface area contributed by atoms with Gasteiger partial charge >= 0.3 is 0 Å². The molecule has 0 aromatic carbocycles. The van der Waals surface area contributed by atoms with Crippen LogP contribution in [0.15, 0.2) is 0 Å². The molecule has 0 spiro atoms. The van der Waals surface area contributed by atoms with Crippen LogP contribution in [0, 0.1) is 0 Å². The van der Waals surface area contributed by atoms with E-state index in [4.69, 9.17) is 15.3 Å². The van der Waals surface area contributed by atoms with Crippen molar-refractivity contribution in [2.75, 3.05) is 6.61 Å². The maximum absolute atomic E-state index is 12.5. The lowest BCUT2D eigenvalue weighted by Crippen LogP contribution is -2.29. The highest BCUT2D eigenvalue weighted by Gasteiger charge is 2.42. The van der Waals surface area contributed by atoms with Gasteiger partial charge in [0.2, 0.25) is 0 Å². The van der Waals surface area contributed by atoms with E-state index in [-0.39, 0.29) is 0 Å². The summed E-state index contributed by atoms with van der Waals surface area (Å²) in [7, 11) is 0. The fourth-order valence-electron chi connectivity index (χ4n) is 0.856. The zero-order chi connectivity index (χ0) is 7.72. The molecule has 4 atom stereocenters. The van der Waals surface area contributed by atoms with Crippen molar-refractivity contribution in [2.45, 2.75) is 24.7 Å². The van der Waals surface area contributed by atoms with Crippen LogP contribution in [0.1, 0.15) is 0 Å². The van der Waals surface area contributed by atoms with E-state index < -0.39 is 31.3 Å². The molecule has 5 heteroatoms. The molecule has 0 amide bonds. The highest BCUT2D eigenvalue weighted by molar-refractivity contribution is 4.85. The fourth-order valence-corrected chi connectivity index (χ4v) is 0.856. The molecule has 4 nitrogen and oxygen atoms in total. The second-order valence-electron chi connectivity index (χ2n) is 2.18. The Labute approximate surface area is 56.9 Å². The molecule has 0 radical (unpaired) electrons. The average molecular weight is 151 g/mol. The Balaban J connectivity index is 2.53. The minimum Gasteiger partial charge on any atom is -0.394 e. The number of aliphatic hydroxyl groups is 3. The van der Waals surface area contributed by atoms with Crippen LogP contribution >= 0.6 is 0 Å². The van der Waals surface area contributed by atoms with Gasteiger partial charge in [0.1, 0.15) is 12.2 Å². The molecule has 0 aromatic rings. The lowest BCUT2D eigenvalue weighted by molar-refractivity contribution is -0.132. The van der Waals surface area contributed by atoms with Crippen LogP contribution < -0.4 is 0 Å². The Morgan fingerprint density at radius 3 is 2.20 bits per heavy atom. The molecule has 3 N–H and O–H groups in total. The van der Waals surface area contributed by atoms with Crippen molar-refractivity contribution in [3.63, 3.8) is 0 Å². The van der Waals surface area contributed by atoms with Crippen molar-refractivity contribution in [2.24, 2.45) is 0 Å². The topological polar surface area (TPSA) is 69.9 Å². The molecule has 1 heterocycles. The standard InChI is InChI=1S/C5H9FO4/c6-3-2(1-7)10-5(9)4(3)8/h2-5,7-9H,1H2/t2-,3-,4+,5-/m1/s1/i6-1. The van der Waals surface area contributed by atoms with Gasteiger partial charge in [0.15, 0.2) is 12.5 Å². The summed E-state index contributed by atoms with van der Waals surface area (Å²) in [5.41, 5.74) is 0. The van der Waals surface area contributed by atoms with Gasteiger partial charge in [-0.15, -0.1) is 0 Å². The Hall–Kier alpha value is -0.230. The largest absolute Gasteiger partial charge is 0.394 e. The number of ether oxygens (including phenoxy) is 1. The number of hydrogen-bond acceptors (Lipinski definition) is 4. The van der Waals surface area contributed by atoms with Gasteiger partial charge in [0.25, 0.3) is 0 Å². The van der Waals surface area contributed by atoms with Gasteiger partial charge in [-0.05, 0) is 0 Å². The molecule has 0 bridgehead atoms. The number of aliphatic hydroxyl groups excluding tert-OH is 3. The second kappa shape index (κ2) is 2.79. The number of hydrogen-bond donors (Lipinski definition) is 3. The van der Waals surface area contributed by atoms with Crippen LogP contribution in [0.25, 0.3) is 0 Å². The zero-order valence-corrected chi connectivity index (χ0v) is 5.14. The first-order valence-corrected chi connectivity index (χ1v) is 2.93. The maximum atomic E-state index is 12.5. The molecule has 10 heavy (non-hydrogen) atoms. The SMILES string of the molecule is OC[C@H]1O[C@@H](O)[C@@H](O)[C@@H]1[18F]. The highest BCUT2D eigenvalue weighted by atomic mass is 18.2. The van der Waals surface area contributed by atoms with Gasteiger partial charge in [-0.3, -0.25) is 0 Å². The Morgan fingerprint density at radius 2 is 2.00 bits per heavy atom. The first-order valence-electron chi connectivity index (χ1n) is 2.93. The molecule has 1 rings (SSSR count). The summed E-state index contributed by atoms with van der Waals surface area (Å²) in [4.78, 5) is 0. The van der Waals surface area contributed by atoms with Crippen LogP contribution in [-0.4, -0.2) is 46.6 Å². The van der Waals surface area contributed by atoms with Crippen molar-refractivity contribution in [1.82, 2.24) is 0 Å². The summed E-state index contributed by atoms with van der Waals surface area (Å²) >= 11 is 0. The van der Waals surface area contributed by atoms with Crippen molar-refractivity contribution >= 4 is 0 Å². The molecule has 0 unspecified atom stereocenters. The Bertz CT molecular complexity index is 120. The average Bonchev–Trinajstić information content (AvgIpc) is 2.17. The molecule has 0 saturated carbocycles. The van der Waals surface area contributed by atoms with Crippen LogP contribution in [0.3, 0.4) is 0 Å². The molecule has 0 aliphatic carbocycles. The minimum atomic E-state index is -1.69. The predicted molar refractivity (Wildman–Crippen MR) is 28.9 cm³/mol. The van der Waals surface area contributed by atoms with Crippen molar-refractivity contribution < 1.29 is 24.4 Å². The molecule has 1 saturated heterocycles. The Kier molecular flexibility index (Phi) is 2.20. The molecular weight excluding hydrogens is 142 g/mol. The summed E-state index contributed by atoms with van der Waals surface area (Å²) in [5, 5.41) is 25.7. The van der Waals surface area contributed by atoms with Crippen LogP contribution in [0.4, 0.5) is 4.39 Å². The lowest BCUT2D eigenvalue weighted by Gasteiger charge is -2.06. The van der Waals surface area contributed by atoms with E-state index in [1.807, 2.05) is 0 Å². The van der Waals surface area contributed by atoms with Gasteiger partial charge in [-0.2, -0.15) is 0 Å². The van der Waals surface area contributed by atoms with Gasteiger partial charge in [0, 0.05) is 0 Å². The first kappa shape index (κ1) is 7.87. The third-order valence-corrected chi connectivity index (χ3v) is 1.47. The van der Waals surface area contributed by atoms with Crippen molar-refractivity contribution in [3.05, 3.63) is 0 Å². The third-order valence-electron chi connectivity index (χ3n) is 1.47. The summed E-state index contributed by atoms with van der Waals surface area (Å²) in [6, 6.07) is 0. The van der Waals surface area contributed by atoms with E-state index in [9.17, 15) is 4.39 Å².